The van der Waals surface area contributed by atoms with E-state index in [1.54, 1.807) is 35.9 Å². The number of pyridine rings is 1. The fourth-order valence-electron chi connectivity index (χ4n) is 1.24. The van der Waals surface area contributed by atoms with E-state index >= 15 is 0 Å². The van der Waals surface area contributed by atoms with Gasteiger partial charge in [-0.25, -0.2) is 14.8 Å². The highest BCUT2D eigenvalue weighted by Gasteiger charge is 2.05. The van der Waals surface area contributed by atoms with E-state index in [0.29, 0.717) is 12.2 Å². The van der Waals surface area contributed by atoms with Gasteiger partial charge in [-0.2, -0.15) is 0 Å². The van der Waals surface area contributed by atoms with Crippen molar-refractivity contribution in [2.24, 2.45) is 0 Å². The van der Waals surface area contributed by atoms with E-state index in [1.165, 1.54) is 7.11 Å². The molecule has 0 bridgehead atoms. The maximum atomic E-state index is 11.2. The first kappa shape index (κ1) is 11.5. The highest BCUT2D eigenvalue weighted by molar-refractivity contribution is 7.09. The Hall–Kier alpha value is -1.95. The van der Waals surface area contributed by atoms with Gasteiger partial charge >= 0.3 is 5.97 Å². The van der Waals surface area contributed by atoms with Crippen molar-refractivity contribution in [3.05, 3.63) is 40.6 Å². The van der Waals surface area contributed by atoms with Gasteiger partial charge in [0.05, 0.1) is 25.5 Å². The number of ether oxygens (including phenoxy) is 1. The molecule has 0 amide bonds. The van der Waals surface area contributed by atoms with E-state index in [4.69, 9.17) is 0 Å². The third-order valence-corrected chi connectivity index (χ3v) is 2.86. The van der Waals surface area contributed by atoms with Crippen molar-refractivity contribution in [3.8, 4) is 0 Å². The van der Waals surface area contributed by atoms with Crippen LogP contribution in [0.1, 0.15) is 15.5 Å². The standard InChI is InChI=1S/C11H11N3O2S/c1-16-11(15)9-3-2-8(6-14-9)13-7-10-12-4-5-17-10/h2-6,13H,7H2,1H3. The average molecular weight is 249 g/mol. The summed E-state index contributed by atoms with van der Waals surface area (Å²) in [4.78, 5) is 19.3. The van der Waals surface area contributed by atoms with Gasteiger partial charge in [0.25, 0.3) is 0 Å². The average Bonchev–Trinajstić information content (AvgIpc) is 2.89. The van der Waals surface area contributed by atoms with E-state index in [1.807, 2.05) is 5.38 Å². The molecule has 17 heavy (non-hydrogen) atoms. The van der Waals surface area contributed by atoms with E-state index in [2.05, 4.69) is 20.0 Å². The molecule has 0 unspecified atom stereocenters. The Balaban J connectivity index is 1.96. The van der Waals surface area contributed by atoms with E-state index in [9.17, 15) is 4.79 Å². The molecule has 5 nitrogen and oxygen atoms in total. The monoisotopic (exact) mass is 249 g/mol. The smallest absolute Gasteiger partial charge is 0.356 e. The molecule has 0 radical (unpaired) electrons. The molecule has 2 aromatic heterocycles. The van der Waals surface area contributed by atoms with Crippen molar-refractivity contribution in [1.82, 2.24) is 9.97 Å². The molecule has 6 heteroatoms. The van der Waals surface area contributed by atoms with Gasteiger partial charge in [0.1, 0.15) is 10.7 Å². The minimum absolute atomic E-state index is 0.298. The Morgan fingerprint density at radius 1 is 1.47 bits per heavy atom. The molecule has 88 valence electrons. The van der Waals surface area contributed by atoms with E-state index in [0.717, 1.165) is 10.7 Å². The lowest BCUT2D eigenvalue weighted by Gasteiger charge is -2.04. The normalized spacial score (nSPS) is 9.94. The van der Waals surface area contributed by atoms with Crippen LogP contribution >= 0.6 is 11.3 Å². The molecule has 2 heterocycles. The molecular weight excluding hydrogens is 238 g/mol. The summed E-state index contributed by atoms with van der Waals surface area (Å²) < 4.78 is 4.56. The van der Waals surface area contributed by atoms with E-state index < -0.39 is 5.97 Å². The molecule has 0 spiro atoms. The third-order valence-electron chi connectivity index (χ3n) is 2.09. The number of nitrogens with zero attached hydrogens (tertiary/aromatic N) is 2. The Bertz CT molecular complexity index is 482. The fourth-order valence-corrected chi connectivity index (χ4v) is 1.80. The van der Waals surface area contributed by atoms with Gasteiger partial charge in [0.2, 0.25) is 0 Å². The number of hydrogen-bond donors (Lipinski definition) is 1. The summed E-state index contributed by atoms with van der Waals surface area (Å²) in [6.45, 7) is 0.650. The maximum absolute atomic E-state index is 11.2. The molecule has 0 aliphatic heterocycles. The van der Waals surface area contributed by atoms with Gasteiger partial charge in [-0.15, -0.1) is 11.3 Å². The highest BCUT2D eigenvalue weighted by atomic mass is 32.1. The summed E-state index contributed by atoms with van der Waals surface area (Å²) in [5.74, 6) is -0.434. The van der Waals surface area contributed by atoms with Crippen LogP contribution in [-0.4, -0.2) is 23.0 Å². The number of thiazole rings is 1. The quantitative estimate of drug-likeness (QED) is 0.839. The number of rotatable bonds is 4. The minimum Gasteiger partial charge on any atom is -0.464 e. The van der Waals surface area contributed by atoms with Crippen molar-refractivity contribution >= 4 is 23.0 Å². The summed E-state index contributed by atoms with van der Waals surface area (Å²) in [5.41, 5.74) is 1.14. The summed E-state index contributed by atoms with van der Waals surface area (Å²) in [5, 5.41) is 6.09. The second-order valence-corrected chi connectivity index (χ2v) is 4.18. The van der Waals surface area contributed by atoms with Crippen molar-refractivity contribution in [3.63, 3.8) is 0 Å². The van der Waals surface area contributed by atoms with Crippen LogP contribution in [0.15, 0.2) is 29.9 Å². The molecule has 2 aromatic rings. The molecule has 0 aliphatic carbocycles. The van der Waals surface area contributed by atoms with Crippen molar-refractivity contribution in [2.75, 3.05) is 12.4 Å². The summed E-state index contributed by atoms with van der Waals surface area (Å²) in [7, 11) is 1.33. The SMILES string of the molecule is COC(=O)c1ccc(NCc2nccs2)cn1. The zero-order valence-corrected chi connectivity index (χ0v) is 10.0. The fraction of sp³-hybridized carbons (Fsp3) is 0.182. The Kier molecular flexibility index (Phi) is 3.66. The molecule has 0 aromatic carbocycles. The van der Waals surface area contributed by atoms with Crippen LogP contribution in [0.2, 0.25) is 0 Å². The number of esters is 1. The Morgan fingerprint density at radius 2 is 2.35 bits per heavy atom. The van der Waals surface area contributed by atoms with Gasteiger partial charge < -0.3 is 10.1 Å². The van der Waals surface area contributed by atoms with Crippen molar-refractivity contribution in [1.29, 1.82) is 0 Å². The second-order valence-electron chi connectivity index (χ2n) is 3.20. The Morgan fingerprint density at radius 3 is 2.94 bits per heavy atom. The lowest BCUT2D eigenvalue weighted by molar-refractivity contribution is 0.0594. The van der Waals surface area contributed by atoms with Gasteiger partial charge in [0.15, 0.2) is 0 Å². The van der Waals surface area contributed by atoms with Gasteiger partial charge in [-0.05, 0) is 12.1 Å². The van der Waals surface area contributed by atoms with Crippen LogP contribution in [-0.2, 0) is 11.3 Å². The highest BCUT2D eigenvalue weighted by Crippen LogP contribution is 2.10. The predicted octanol–water partition coefficient (Wildman–Crippen LogP) is 1.94. The lowest BCUT2D eigenvalue weighted by Crippen LogP contribution is -2.05. The number of hydrogen-bond acceptors (Lipinski definition) is 6. The van der Waals surface area contributed by atoms with Gasteiger partial charge in [0, 0.05) is 11.6 Å². The number of anilines is 1. The number of nitrogens with one attached hydrogen (secondary N) is 1. The molecule has 0 atom stereocenters. The van der Waals surface area contributed by atoms with Crippen LogP contribution < -0.4 is 5.32 Å². The summed E-state index contributed by atoms with van der Waals surface area (Å²) in [6.07, 6.45) is 3.36. The van der Waals surface area contributed by atoms with Crippen molar-refractivity contribution < 1.29 is 9.53 Å². The predicted molar refractivity (Wildman–Crippen MR) is 65.0 cm³/mol. The first-order chi connectivity index (χ1) is 8.29. The number of carbonyl (C=O) groups is 1. The number of methoxy groups -OCH3 is 1. The first-order valence-electron chi connectivity index (χ1n) is 4.96. The van der Waals surface area contributed by atoms with Crippen LogP contribution in [0, 0.1) is 0 Å². The summed E-state index contributed by atoms with van der Waals surface area (Å²) >= 11 is 1.59. The maximum Gasteiger partial charge on any atom is 0.356 e. The van der Waals surface area contributed by atoms with E-state index in [-0.39, 0.29) is 0 Å². The minimum atomic E-state index is -0.434. The van der Waals surface area contributed by atoms with Crippen LogP contribution in [0.4, 0.5) is 5.69 Å². The molecule has 0 aliphatic rings. The number of carbonyl (C=O) groups excluding carboxylic acids is 1. The third kappa shape index (κ3) is 3.01. The molecule has 0 fully saturated rings. The topological polar surface area (TPSA) is 64.1 Å². The van der Waals surface area contributed by atoms with Crippen LogP contribution in [0.25, 0.3) is 0 Å². The zero-order valence-electron chi connectivity index (χ0n) is 9.21. The zero-order chi connectivity index (χ0) is 12.1. The molecular formula is C11H11N3O2S. The molecule has 0 saturated heterocycles. The van der Waals surface area contributed by atoms with Crippen molar-refractivity contribution in [2.45, 2.75) is 6.54 Å². The molecule has 0 saturated carbocycles. The molecule has 2 rings (SSSR count). The lowest BCUT2D eigenvalue weighted by atomic mass is 10.3. The summed E-state index contributed by atoms with van der Waals surface area (Å²) in [6, 6.07) is 3.41. The first-order valence-corrected chi connectivity index (χ1v) is 5.84. The van der Waals surface area contributed by atoms with Gasteiger partial charge in [-0.3, -0.25) is 0 Å². The van der Waals surface area contributed by atoms with Crippen LogP contribution in [0.3, 0.4) is 0 Å². The van der Waals surface area contributed by atoms with Gasteiger partial charge in [-0.1, -0.05) is 0 Å². The largest absolute Gasteiger partial charge is 0.464 e. The second kappa shape index (κ2) is 5.40. The Labute approximate surface area is 102 Å². The van der Waals surface area contributed by atoms with Crippen LogP contribution in [0.5, 0.6) is 0 Å². The number of aromatic nitrogens is 2. The molecule has 1 N–H and O–H groups in total.